The molecule has 3 rings (SSSR count). The monoisotopic (exact) mass is 290 g/mol. The van der Waals surface area contributed by atoms with E-state index in [1.54, 1.807) is 24.9 Å². The highest BCUT2D eigenvalue weighted by Crippen LogP contribution is 2.12. The van der Waals surface area contributed by atoms with Gasteiger partial charge in [0.15, 0.2) is 11.2 Å². The Morgan fingerprint density at radius 3 is 2.76 bits per heavy atom. The normalized spacial score (nSPS) is 18.1. The van der Waals surface area contributed by atoms with Crippen LogP contribution in [-0.2, 0) is 25.4 Å². The van der Waals surface area contributed by atoms with Crippen molar-refractivity contribution in [2.45, 2.75) is 32.4 Å². The van der Waals surface area contributed by atoms with Crippen LogP contribution in [0.25, 0.3) is 11.2 Å². The Morgan fingerprint density at radius 2 is 2.10 bits per heavy atom. The molecule has 112 valence electrons. The van der Waals surface area contributed by atoms with E-state index in [1.807, 2.05) is 13.0 Å². The maximum atomic E-state index is 12.6. The van der Waals surface area contributed by atoms with Crippen molar-refractivity contribution in [3.05, 3.63) is 39.0 Å². The van der Waals surface area contributed by atoms with Crippen LogP contribution >= 0.6 is 0 Å². The van der Waals surface area contributed by atoms with Gasteiger partial charge in [-0.15, -0.1) is 0 Å². The van der Waals surface area contributed by atoms with E-state index in [-0.39, 0.29) is 23.9 Å². The molecule has 0 saturated heterocycles. The zero-order valence-electron chi connectivity index (χ0n) is 12.4. The fraction of sp³-hybridized carbons (Fsp3) is 0.500. The predicted molar refractivity (Wildman–Crippen MR) is 78.2 cm³/mol. The molecular weight excluding hydrogens is 272 g/mol. The SMILES string of the molecule is Cc1nc2c(c(=O)n(CC3CCC=CO3)c(=O)n2C)n1C. The van der Waals surface area contributed by atoms with Gasteiger partial charge in [-0.2, -0.15) is 0 Å². The van der Waals surface area contributed by atoms with E-state index in [4.69, 9.17) is 4.74 Å². The number of imidazole rings is 1. The molecule has 2 aromatic rings. The van der Waals surface area contributed by atoms with Gasteiger partial charge in [-0.05, 0) is 25.8 Å². The average molecular weight is 290 g/mol. The zero-order valence-corrected chi connectivity index (χ0v) is 12.4. The van der Waals surface area contributed by atoms with E-state index < -0.39 is 0 Å². The molecule has 2 aromatic heterocycles. The van der Waals surface area contributed by atoms with Crippen molar-refractivity contribution in [2.75, 3.05) is 0 Å². The van der Waals surface area contributed by atoms with Crippen LogP contribution < -0.4 is 11.2 Å². The summed E-state index contributed by atoms with van der Waals surface area (Å²) in [6, 6.07) is 0. The minimum atomic E-state index is -0.358. The van der Waals surface area contributed by atoms with Crippen LogP contribution in [0.3, 0.4) is 0 Å². The van der Waals surface area contributed by atoms with Crippen molar-refractivity contribution in [3.63, 3.8) is 0 Å². The molecule has 7 heteroatoms. The quantitative estimate of drug-likeness (QED) is 0.804. The molecule has 0 radical (unpaired) electrons. The van der Waals surface area contributed by atoms with Crippen molar-refractivity contribution in [1.29, 1.82) is 0 Å². The molecule has 0 fully saturated rings. The third kappa shape index (κ3) is 2.09. The lowest BCUT2D eigenvalue weighted by molar-refractivity contribution is 0.105. The van der Waals surface area contributed by atoms with Crippen LogP contribution in [0.2, 0.25) is 0 Å². The standard InChI is InChI=1S/C14H18N4O3/c1-9-15-12-11(16(9)2)13(19)18(14(20)17(12)3)8-10-6-4-5-7-21-10/h5,7,10H,4,6,8H2,1-3H3. The molecule has 21 heavy (non-hydrogen) atoms. The van der Waals surface area contributed by atoms with E-state index in [2.05, 4.69) is 4.98 Å². The van der Waals surface area contributed by atoms with Gasteiger partial charge in [0.05, 0.1) is 12.8 Å². The first-order chi connectivity index (χ1) is 10.0. The number of hydrogen-bond donors (Lipinski definition) is 0. The molecular formula is C14H18N4O3. The number of aromatic nitrogens is 4. The minimum absolute atomic E-state index is 0.146. The Kier molecular flexibility index (Phi) is 3.19. The van der Waals surface area contributed by atoms with Crippen molar-refractivity contribution in [1.82, 2.24) is 18.7 Å². The second-order valence-electron chi connectivity index (χ2n) is 5.35. The molecule has 7 nitrogen and oxygen atoms in total. The Hall–Kier alpha value is -2.31. The third-order valence-electron chi connectivity index (χ3n) is 3.99. The summed E-state index contributed by atoms with van der Waals surface area (Å²) >= 11 is 0. The summed E-state index contributed by atoms with van der Waals surface area (Å²) in [5, 5.41) is 0. The topological polar surface area (TPSA) is 71.1 Å². The van der Waals surface area contributed by atoms with Gasteiger partial charge in [-0.1, -0.05) is 0 Å². The van der Waals surface area contributed by atoms with Crippen LogP contribution in [0.1, 0.15) is 18.7 Å². The first-order valence-electron chi connectivity index (χ1n) is 6.94. The molecule has 1 aliphatic rings. The van der Waals surface area contributed by atoms with Crippen LogP contribution in [0.5, 0.6) is 0 Å². The molecule has 0 saturated carbocycles. The molecule has 0 bridgehead atoms. The number of rotatable bonds is 2. The summed E-state index contributed by atoms with van der Waals surface area (Å²) in [6.45, 7) is 2.07. The second kappa shape index (κ2) is 4.91. The lowest BCUT2D eigenvalue weighted by Crippen LogP contribution is -2.42. The fourth-order valence-electron chi connectivity index (χ4n) is 2.64. The molecule has 0 aromatic carbocycles. The summed E-state index contributed by atoms with van der Waals surface area (Å²) in [7, 11) is 3.41. The molecule has 1 atom stereocenters. The smallest absolute Gasteiger partial charge is 0.332 e. The lowest BCUT2D eigenvalue weighted by Gasteiger charge is -2.20. The van der Waals surface area contributed by atoms with Gasteiger partial charge in [0.2, 0.25) is 0 Å². The molecule has 1 unspecified atom stereocenters. The fourth-order valence-corrected chi connectivity index (χ4v) is 2.64. The first-order valence-corrected chi connectivity index (χ1v) is 6.94. The minimum Gasteiger partial charge on any atom is -0.496 e. The van der Waals surface area contributed by atoms with E-state index in [0.717, 1.165) is 12.8 Å². The van der Waals surface area contributed by atoms with Crippen molar-refractivity contribution in [3.8, 4) is 0 Å². The molecule has 1 aliphatic heterocycles. The van der Waals surface area contributed by atoms with Gasteiger partial charge in [0, 0.05) is 14.1 Å². The van der Waals surface area contributed by atoms with E-state index in [1.165, 1.54) is 9.13 Å². The van der Waals surface area contributed by atoms with E-state index in [0.29, 0.717) is 17.0 Å². The molecule has 0 amide bonds. The maximum absolute atomic E-state index is 12.6. The number of fused-ring (bicyclic) bond motifs is 1. The van der Waals surface area contributed by atoms with Gasteiger partial charge in [0.1, 0.15) is 11.9 Å². The number of ether oxygens (including phenoxy) is 1. The third-order valence-corrected chi connectivity index (χ3v) is 3.99. The van der Waals surface area contributed by atoms with Crippen LogP contribution in [0.4, 0.5) is 0 Å². The molecule has 0 N–H and O–H groups in total. The Labute approximate surface area is 121 Å². The number of allylic oxidation sites excluding steroid dienone is 1. The predicted octanol–water partition coefficient (Wildman–Crippen LogP) is 0.435. The van der Waals surface area contributed by atoms with Crippen molar-refractivity contribution in [2.24, 2.45) is 14.1 Å². The van der Waals surface area contributed by atoms with Gasteiger partial charge >= 0.3 is 5.69 Å². The van der Waals surface area contributed by atoms with E-state index in [9.17, 15) is 9.59 Å². The van der Waals surface area contributed by atoms with Gasteiger partial charge < -0.3 is 9.30 Å². The Morgan fingerprint density at radius 1 is 1.33 bits per heavy atom. The molecule has 0 aliphatic carbocycles. The highest BCUT2D eigenvalue weighted by molar-refractivity contribution is 5.70. The number of hydrogen-bond acceptors (Lipinski definition) is 4. The summed E-state index contributed by atoms with van der Waals surface area (Å²) < 4.78 is 9.85. The van der Waals surface area contributed by atoms with Crippen LogP contribution in [0.15, 0.2) is 21.9 Å². The summed E-state index contributed by atoms with van der Waals surface area (Å²) in [6.07, 6.45) is 5.12. The number of nitrogens with zero attached hydrogens (tertiary/aromatic N) is 4. The maximum Gasteiger partial charge on any atom is 0.332 e. The highest BCUT2D eigenvalue weighted by Gasteiger charge is 2.20. The van der Waals surface area contributed by atoms with Crippen molar-refractivity contribution >= 4 is 11.2 Å². The Balaban J connectivity index is 2.18. The highest BCUT2D eigenvalue weighted by atomic mass is 16.5. The van der Waals surface area contributed by atoms with E-state index >= 15 is 0 Å². The van der Waals surface area contributed by atoms with Crippen LogP contribution in [-0.4, -0.2) is 24.8 Å². The second-order valence-corrected chi connectivity index (χ2v) is 5.35. The van der Waals surface area contributed by atoms with Gasteiger partial charge in [0.25, 0.3) is 5.56 Å². The summed E-state index contributed by atoms with van der Waals surface area (Å²) in [4.78, 5) is 29.3. The first kappa shape index (κ1) is 13.7. The Bertz CT molecular complexity index is 840. The molecule has 0 spiro atoms. The number of aryl methyl sites for hydroxylation is 3. The van der Waals surface area contributed by atoms with Gasteiger partial charge in [-0.3, -0.25) is 13.9 Å². The average Bonchev–Trinajstić information content (AvgIpc) is 2.79. The van der Waals surface area contributed by atoms with Gasteiger partial charge in [-0.25, -0.2) is 9.78 Å². The zero-order chi connectivity index (χ0) is 15.1. The largest absolute Gasteiger partial charge is 0.496 e. The van der Waals surface area contributed by atoms with Crippen molar-refractivity contribution < 1.29 is 4.74 Å². The van der Waals surface area contributed by atoms with Crippen LogP contribution in [0, 0.1) is 6.92 Å². The molecule has 3 heterocycles. The lowest BCUT2D eigenvalue weighted by atomic mass is 10.1. The summed E-state index contributed by atoms with van der Waals surface area (Å²) in [5.74, 6) is 0.701. The summed E-state index contributed by atoms with van der Waals surface area (Å²) in [5.41, 5.74) is 0.199.